The summed E-state index contributed by atoms with van der Waals surface area (Å²) >= 11 is 0. The summed E-state index contributed by atoms with van der Waals surface area (Å²) in [6.45, 7) is 12.2. The Morgan fingerprint density at radius 2 is 1.80 bits per heavy atom. The number of hydrogen-bond donors (Lipinski definition) is 1. The van der Waals surface area contributed by atoms with Gasteiger partial charge in [-0.1, -0.05) is 39.0 Å². The zero-order valence-electron chi connectivity index (χ0n) is 28.6. The van der Waals surface area contributed by atoms with Gasteiger partial charge in [-0.3, -0.25) is 14.6 Å². The first kappa shape index (κ1) is 33.2. The molecule has 4 heterocycles. The SMILES string of the molecule is CN1CC(CC(=O)c2cccc([C@@H](CCN3CCC(CCO)CC3)CC(=O)C3=Nc4cc5c(nc4C3)CC[C@H](C(C)(C)C)C5)c2)C1. The Labute approximate surface area is 275 Å². The average molecular weight is 627 g/mol. The number of aryl methyl sites for hydroxylation is 1. The van der Waals surface area contributed by atoms with E-state index in [1.807, 2.05) is 12.1 Å². The van der Waals surface area contributed by atoms with Crippen molar-refractivity contribution in [1.82, 2.24) is 14.8 Å². The standard InChI is InChI=1S/C39H54N4O3/c1-39(2,3)32-8-9-33-31(20-32)21-34-35(40-33)23-36(41-34)38(46)22-29(12-16-43-14-10-26(11-15-43)13-17-44)28-6-5-7-30(19-28)37(45)18-27-24-42(4)25-27/h5-7,19,21,26-27,29,32,44H,8-18,20,22-25H2,1-4H3/t29-,32-/m0/s1. The van der Waals surface area contributed by atoms with Crippen LogP contribution in [0.15, 0.2) is 35.3 Å². The molecule has 0 unspecified atom stereocenters. The zero-order valence-corrected chi connectivity index (χ0v) is 28.6. The highest BCUT2D eigenvalue weighted by atomic mass is 16.3. The molecule has 3 aliphatic heterocycles. The first-order chi connectivity index (χ1) is 22.1. The Morgan fingerprint density at radius 1 is 1.02 bits per heavy atom. The molecule has 1 aromatic carbocycles. The number of benzene rings is 1. The van der Waals surface area contributed by atoms with E-state index in [0.29, 0.717) is 42.7 Å². The fourth-order valence-electron chi connectivity index (χ4n) is 8.22. The molecule has 7 heteroatoms. The maximum atomic E-state index is 13.9. The quantitative estimate of drug-likeness (QED) is 0.282. The number of aromatic nitrogens is 1. The molecule has 1 aliphatic carbocycles. The second-order valence-electron chi connectivity index (χ2n) is 15.9. The number of aliphatic imine (C=N–C) groups is 1. The van der Waals surface area contributed by atoms with Crippen molar-refractivity contribution in [2.24, 2.45) is 28.2 Å². The number of aliphatic hydroxyl groups excluding tert-OH is 1. The molecule has 1 N–H and O–H groups in total. The summed E-state index contributed by atoms with van der Waals surface area (Å²) in [7, 11) is 2.10. The van der Waals surface area contributed by atoms with Gasteiger partial charge in [-0.15, -0.1) is 0 Å². The topological polar surface area (TPSA) is 86.1 Å². The van der Waals surface area contributed by atoms with Gasteiger partial charge >= 0.3 is 0 Å². The van der Waals surface area contributed by atoms with Crippen LogP contribution in [0.4, 0.5) is 5.69 Å². The van der Waals surface area contributed by atoms with Crippen LogP contribution < -0.4 is 0 Å². The van der Waals surface area contributed by atoms with Crippen LogP contribution in [-0.4, -0.2) is 83.5 Å². The lowest BCUT2D eigenvalue weighted by Gasteiger charge is -2.35. The fraction of sp³-hybridized carbons (Fsp3) is 0.641. The van der Waals surface area contributed by atoms with Gasteiger partial charge in [0.15, 0.2) is 11.6 Å². The van der Waals surface area contributed by atoms with Gasteiger partial charge in [-0.05, 0) is 124 Å². The van der Waals surface area contributed by atoms with Gasteiger partial charge in [0.1, 0.15) is 0 Å². The lowest BCUT2D eigenvalue weighted by atomic mass is 9.71. The highest BCUT2D eigenvalue weighted by Crippen LogP contribution is 2.39. The predicted molar refractivity (Wildman–Crippen MR) is 184 cm³/mol. The van der Waals surface area contributed by atoms with E-state index in [2.05, 4.69) is 55.8 Å². The van der Waals surface area contributed by atoms with Gasteiger partial charge in [0.25, 0.3) is 0 Å². The molecule has 1 aromatic heterocycles. The fourth-order valence-corrected chi connectivity index (χ4v) is 8.22. The first-order valence-electron chi connectivity index (χ1n) is 17.8. The van der Waals surface area contributed by atoms with Crippen LogP contribution >= 0.6 is 0 Å². The van der Waals surface area contributed by atoms with Crippen molar-refractivity contribution in [3.05, 3.63) is 58.4 Å². The Hall–Kier alpha value is -2.74. The molecule has 0 radical (unpaired) electrons. The Bertz CT molecular complexity index is 1450. The van der Waals surface area contributed by atoms with E-state index in [4.69, 9.17) is 9.98 Å². The molecular formula is C39H54N4O3. The first-order valence-corrected chi connectivity index (χ1v) is 17.8. The molecule has 46 heavy (non-hydrogen) atoms. The van der Waals surface area contributed by atoms with E-state index in [1.165, 1.54) is 11.3 Å². The number of carbonyl (C=O) groups is 2. The number of fused-ring (bicyclic) bond motifs is 2. The number of Topliss-reactive ketones (excluding diaryl/α,β-unsaturated/α-hetero) is 2. The molecular weight excluding hydrogens is 572 g/mol. The van der Waals surface area contributed by atoms with Gasteiger partial charge in [0, 0.05) is 50.2 Å². The number of likely N-dealkylation sites (tertiary alicyclic amines) is 2. The van der Waals surface area contributed by atoms with E-state index in [-0.39, 0.29) is 29.5 Å². The highest BCUT2D eigenvalue weighted by molar-refractivity contribution is 6.41. The molecule has 248 valence electrons. The smallest absolute Gasteiger partial charge is 0.178 e. The van der Waals surface area contributed by atoms with Crippen molar-refractivity contribution in [3.8, 4) is 0 Å². The van der Waals surface area contributed by atoms with Crippen molar-refractivity contribution in [1.29, 1.82) is 0 Å². The van der Waals surface area contributed by atoms with Gasteiger partial charge in [0.05, 0.1) is 17.1 Å². The number of piperidine rings is 1. The monoisotopic (exact) mass is 626 g/mol. The maximum Gasteiger partial charge on any atom is 0.178 e. The maximum absolute atomic E-state index is 13.9. The molecule has 6 rings (SSSR count). The summed E-state index contributed by atoms with van der Waals surface area (Å²) in [4.78, 5) is 41.8. The lowest BCUT2D eigenvalue weighted by Crippen LogP contribution is -2.44. The van der Waals surface area contributed by atoms with Crippen LogP contribution in [0.3, 0.4) is 0 Å². The van der Waals surface area contributed by atoms with Crippen LogP contribution in [-0.2, 0) is 24.1 Å². The minimum Gasteiger partial charge on any atom is -0.396 e. The molecule has 7 nitrogen and oxygen atoms in total. The number of carbonyl (C=O) groups excluding carboxylic acids is 2. The van der Waals surface area contributed by atoms with Crippen molar-refractivity contribution >= 4 is 23.0 Å². The summed E-state index contributed by atoms with van der Waals surface area (Å²) in [6, 6.07) is 10.3. The van der Waals surface area contributed by atoms with E-state index in [1.54, 1.807) is 0 Å². The number of pyridine rings is 1. The second kappa shape index (κ2) is 14.2. The van der Waals surface area contributed by atoms with Crippen LogP contribution in [0.25, 0.3) is 0 Å². The van der Waals surface area contributed by atoms with Gasteiger partial charge < -0.3 is 14.9 Å². The number of rotatable bonds is 12. The minimum atomic E-state index is 0.0189. The molecule has 0 bridgehead atoms. The van der Waals surface area contributed by atoms with Crippen LogP contribution in [0, 0.1) is 23.2 Å². The van der Waals surface area contributed by atoms with E-state index in [9.17, 15) is 14.7 Å². The molecule has 2 atom stereocenters. The molecule has 0 saturated carbocycles. The van der Waals surface area contributed by atoms with Crippen molar-refractivity contribution in [3.63, 3.8) is 0 Å². The number of ketones is 2. The van der Waals surface area contributed by atoms with Crippen molar-refractivity contribution in [2.45, 2.75) is 90.9 Å². The predicted octanol–water partition coefficient (Wildman–Crippen LogP) is 6.22. The Morgan fingerprint density at radius 3 is 2.52 bits per heavy atom. The number of hydrogen-bond acceptors (Lipinski definition) is 7. The third kappa shape index (κ3) is 7.86. The van der Waals surface area contributed by atoms with Gasteiger partial charge in [-0.2, -0.15) is 0 Å². The molecule has 2 fully saturated rings. The number of aliphatic hydroxyl groups is 1. The van der Waals surface area contributed by atoms with Crippen LogP contribution in [0.5, 0.6) is 0 Å². The molecule has 0 amide bonds. The zero-order chi connectivity index (χ0) is 32.4. The van der Waals surface area contributed by atoms with E-state index in [0.717, 1.165) is 100 Å². The van der Waals surface area contributed by atoms with Crippen LogP contribution in [0.1, 0.15) is 105 Å². The number of nitrogens with zero attached hydrogens (tertiary/aromatic N) is 4. The molecule has 4 aliphatic rings. The van der Waals surface area contributed by atoms with Gasteiger partial charge in [0.2, 0.25) is 0 Å². The largest absolute Gasteiger partial charge is 0.396 e. The van der Waals surface area contributed by atoms with E-state index >= 15 is 0 Å². The average Bonchev–Trinajstić information content (AvgIpc) is 3.44. The summed E-state index contributed by atoms with van der Waals surface area (Å²) in [6.07, 6.45) is 8.68. The van der Waals surface area contributed by atoms with Crippen molar-refractivity contribution in [2.75, 3.05) is 46.4 Å². The molecule has 2 aromatic rings. The second-order valence-corrected chi connectivity index (χ2v) is 15.9. The summed E-state index contributed by atoms with van der Waals surface area (Å²) in [5.41, 5.74) is 7.08. The molecule has 0 spiro atoms. The summed E-state index contributed by atoms with van der Waals surface area (Å²) in [5.74, 6) is 2.00. The third-order valence-electron chi connectivity index (χ3n) is 11.3. The van der Waals surface area contributed by atoms with Gasteiger partial charge in [-0.25, -0.2) is 4.99 Å². The molecule has 2 saturated heterocycles. The summed E-state index contributed by atoms with van der Waals surface area (Å²) < 4.78 is 0. The normalized spacial score (nSPS) is 21.8. The summed E-state index contributed by atoms with van der Waals surface area (Å²) in [5, 5.41) is 9.37. The van der Waals surface area contributed by atoms with E-state index < -0.39 is 0 Å². The minimum absolute atomic E-state index is 0.0189. The van der Waals surface area contributed by atoms with Crippen molar-refractivity contribution < 1.29 is 14.7 Å². The third-order valence-corrected chi connectivity index (χ3v) is 11.3. The highest BCUT2D eigenvalue weighted by Gasteiger charge is 2.32. The Balaban J connectivity index is 1.16. The van der Waals surface area contributed by atoms with Crippen LogP contribution in [0.2, 0.25) is 0 Å². The Kier molecular flexibility index (Phi) is 10.2. The lowest BCUT2D eigenvalue weighted by molar-refractivity contribution is -0.113.